The van der Waals surface area contributed by atoms with Gasteiger partial charge in [0.15, 0.2) is 5.70 Å². The zero-order valence-electron chi connectivity index (χ0n) is 16.4. The first-order chi connectivity index (χ1) is 15.4. The van der Waals surface area contributed by atoms with Gasteiger partial charge in [0.25, 0.3) is 0 Å². The SMILES string of the molecule is O=C1OC(c2ccc(Cl)c(Cl)c2)=N/C1=C\c1cc(I)c(OCCc2ccccc2)c(I)c1. The summed E-state index contributed by atoms with van der Waals surface area (Å²) >= 11 is 16.5. The van der Waals surface area contributed by atoms with E-state index >= 15 is 0 Å². The van der Waals surface area contributed by atoms with Crippen molar-refractivity contribution in [2.24, 2.45) is 4.99 Å². The Balaban J connectivity index is 1.51. The summed E-state index contributed by atoms with van der Waals surface area (Å²) in [5.74, 6) is 0.516. The van der Waals surface area contributed by atoms with E-state index in [9.17, 15) is 4.79 Å². The molecule has 0 saturated carbocycles. The number of esters is 1. The van der Waals surface area contributed by atoms with E-state index in [-0.39, 0.29) is 11.6 Å². The summed E-state index contributed by atoms with van der Waals surface area (Å²) in [4.78, 5) is 16.7. The van der Waals surface area contributed by atoms with Crippen molar-refractivity contribution >= 4 is 86.3 Å². The van der Waals surface area contributed by atoms with E-state index in [0.717, 1.165) is 24.9 Å². The third-order valence-electron chi connectivity index (χ3n) is 4.59. The van der Waals surface area contributed by atoms with Crippen LogP contribution < -0.4 is 4.74 Å². The first-order valence-electron chi connectivity index (χ1n) is 9.54. The highest BCUT2D eigenvalue weighted by Crippen LogP contribution is 2.31. The predicted octanol–water partition coefficient (Wildman–Crippen LogP) is 7.17. The minimum atomic E-state index is -0.515. The van der Waals surface area contributed by atoms with Crippen LogP contribution in [-0.2, 0) is 16.0 Å². The average Bonchev–Trinajstić information content (AvgIpc) is 3.13. The first-order valence-corrected chi connectivity index (χ1v) is 12.5. The molecule has 4 nitrogen and oxygen atoms in total. The summed E-state index contributed by atoms with van der Waals surface area (Å²) in [6, 6.07) is 19.1. The number of nitrogens with zero attached hydrogens (tertiary/aromatic N) is 1. The van der Waals surface area contributed by atoms with Crippen molar-refractivity contribution in [1.29, 1.82) is 0 Å². The van der Waals surface area contributed by atoms with E-state index in [0.29, 0.717) is 22.2 Å². The molecular weight excluding hydrogens is 675 g/mol. The minimum Gasteiger partial charge on any atom is -0.491 e. The second kappa shape index (κ2) is 10.5. The van der Waals surface area contributed by atoms with Crippen LogP contribution in [0.5, 0.6) is 5.75 Å². The summed E-state index contributed by atoms with van der Waals surface area (Å²) in [6.07, 6.45) is 2.53. The van der Waals surface area contributed by atoms with Crippen LogP contribution in [0.25, 0.3) is 6.08 Å². The van der Waals surface area contributed by atoms with Crippen LogP contribution in [0, 0.1) is 7.14 Å². The van der Waals surface area contributed by atoms with Gasteiger partial charge in [-0.1, -0.05) is 53.5 Å². The maximum Gasteiger partial charge on any atom is 0.363 e. The van der Waals surface area contributed by atoms with Gasteiger partial charge in [0.2, 0.25) is 5.90 Å². The molecule has 162 valence electrons. The highest BCUT2D eigenvalue weighted by molar-refractivity contribution is 14.1. The van der Waals surface area contributed by atoms with Crippen LogP contribution in [-0.4, -0.2) is 18.5 Å². The van der Waals surface area contributed by atoms with Crippen molar-refractivity contribution < 1.29 is 14.3 Å². The minimum absolute atomic E-state index is 0.199. The number of benzene rings is 3. The Kier molecular flexibility index (Phi) is 7.75. The number of halogens is 4. The summed E-state index contributed by atoms with van der Waals surface area (Å²) in [5.41, 5.74) is 2.87. The largest absolute Gasteiger partial charge is 0.491 e. The molecule has 0 amide bonds. The lowest BCUT2D eigenvalue weighted by Crippen LogP contribution is -2.05. The van der Waals surface area contributed by atoms with Crippen LogP contribution in [0.15, 0.2) is 71.4 Å². The molecule has 0 spiro atoms. The zero-order chi connectivity index (χ0) is 22.7. The Morgan fingerprint density at radius 1 is 0.969 bits per heavy atom. The molecule has 0 atom stereocenters. The fourth-order valence-corrected chi connectivity index (χ4v) is 5.46. The third kappa shape index (κ3) is 5.65. The highest BCUT2D eigenvalue weighted by atomic mass is 127. The second-order valence-corrected chi connectivity index (χ2v) is 10.0. The molecule has 3 aromatic rings. The van der Waals surface area contributed by atoms with Gasteiger partial charge < -0.3 is 9.47 Å². The van der Waals surface area contributed by atoms with Crippen LogP contribution >= 0.6 is 68.4 Å². The van der Waals surface area contributed by atoms with Crippen LogP contribution in [0.4, 0.5) is 0 Å². The molecule has 0 aliphatic carbocycles. The highest BCUT2D eigenvalue weighted by Gasteiger charge is 2.25. The van der Waals surface area contributed by atoms with Gasteiger partial charge in [0, 0.05) is 12.0 Å². The number of cyclic esters (lactones) is 1. The van der Waals surface area contributed by atoms with E-state index in [1.807, 2.05) is 30.3 Å². The van der Waals surface area contributed by atoms with Crippen LogP contribution in [0.3, 0.4) is 0 Å². The molecular formula is C24H15Cl2I2NO3. The third-order valence-corrected chi connectivity index (χ3v) is 6.93. The number of hydrogen-bond acceptors (Lipinski definition) is 4. The normalized spacial score (nSPS) is 14.4. The number of carbonyl (C=O) groups excluding carboxylic acids is 1. The molecule has 3 aromatic carbocycles. The predicted molar refractivity (Wildman–Crippen MR) is 145 cm³/mol. The molecule has 0 N–H and O–H groups in total. The van der Waals surface area contributed by atoms with E-state index in [1.165, 1.54) is 5.56 Å². The van der Waals surface area contributed by atoms with Gasteiger partial charge in [-0.15, -0.1) is 0 Å². The van der Waals surface area contributed by atoms with Crippen molar-refractivity contribution in [3.63, 3.8) is 0 Å². The molecule has 1 aliphatic rings. The molecule has 0 fully saturated rings. The lowest BCUT2D eigenvalue weighted by molar-refractivity contribution is -0.129. The summed E-state index contributed by atoms with van der Waals surface area (Å²) in [7, 11) is 0. The Morgan fingerprint density at radius 3 is 2.38 bits per heavy atom. The van der Waals surface area contributed by atoms with Gasteiger partial charge in [-0.25, -0.2) is 9.79 Å². The van der Waals surface area contributed by atoms with Gasteiger partial charge in [-0.05, 0) is 92.7 Å². The Hall–Kier alpha value is -1.62. The van der Waals surface area contributed by atoms with E-state index < -0.39 is 5.97 Å². The summed E-state index contributed by atoms with van der Waals surface area (Å²) in [6.45, 7) is 0.583. The van der Waals surface area contributed by atoms with Crippen molar-refractivity contribution in [3.8, 4) is 5.75 Å². The smallest absolute Gasteiger partial charge is 0.363 e. The average molecular weight is 690 g/mol. The fourth-order valence-electron chi connectivity index (χ4n) is 3.04. The van der Waals surface area contributed by atoms with E-state index in [1.54, 1.807) is 24.3 Å². The lowest BCUT2D eigenvalue weighted by atomic mass is 10.1. The maximum atomic E-state index is 12.3. The molecule has 0 radical (unpaired) electrons. The molecule has 1 aliphatic heterocycles. The molecule has 1 heterocycles. The van der Waals surface area contributed by atoms with Crippen molar-refractivity contribution in [2.45, 2.75) is 6.42 Å². The summed E-state index contributed by atoms with van der Waals surface area (Å²) < 4.78 is 13.3. The monoisotopic (exact) mass is 689 g/mol. The number of hydrogen-bond donors (Lipinski definition) is 0. The molecule has 0 aromatic heterocycles. The number of aliphatic imine (C=N–C) groups is 1. The van der Waals surface area contributed by atoms with Gasteiger partial charge in [0.05, 0.1) is 23.8 Å². The van der Waals surface area contributed by atoms with Crippen molar-refractivity contribution in [2.75, 3.05) is 6.61 Å². The maximum absolute atomic E-state index is 12.3. The van der Waals surface area contributed by atoms with Gasteiger partial charge >= 0.3 is 5.97 Å². The topological polar surface area (TPSA) is 47.9 Å². The summed E-state index contributed by atoms with van der Waals surface area (Å²) in [5, 5.41) is 0.790. The molecule has 0 saturated heterocycles. The van der Waals surface area contributed by atoms with Crippen LogP contribution in [0.2, 0.25) is 10.0 Å². The number of ether oxygens (including phenoxy) is 2. The Bertz CT molecular complexity index is 1220. The number of rotatable bonds is 6. The zero-order valence-corrected chi connectivity index (χ0v) is 22.3. The molecule has 32 heavy (non-hydrogen) atoms. The van der Waals surface area contributed by atoms with Crippen molar-refractivity contribution in [1.82, 2.24) is 0 Å². The number of carbonyl (C=O) groups is 1. The van der Waals surface area contributed by atoms with Gasteiger partial charge in [-0.2, -0.15) is 0 Å². The van der Waals surface area contributed by atoms with Gasteiger partial charge in [-0.3, -0.25) is 0 Å². The fraction of sp³-hybridized carbons (Fsp3) is 0.0833. The van der Waals surface area contributed by atoms with Crippen LogP contribution in [0.1, 0.15) is 16.7 Å². The Morgan fingerprint density at radius 2 is 1.69 bits per heavy atom. The van der Waals surface area contributed by atoms with Crippen molar-refractivity contribution in [3.05, 3.63) is 100 Å². The van der Waals surface area contributed by atoms with Gasteiger partial charge in [0.1, 0.15) is 5.75 Å². The van der Waals surface area contributed by atoms with E-state index in [4.69, 9.17) is 32.7 Å². The molecule has 8 heteroatoms. The quantitative estimate of drug-likeness (QED) is 0.157. The molecule has 0 unspecified atom stereocenters. The molecule has 4 rings (SSSR count). The first kappa shape index (κ1) is 23.5. The standard InChI is InChI=1S/C24H15Cl2I2NO3/c25-17-7-6-16(13-18(17)26)23-29-21(24(30)32-23)12-15-10-19(27)22(20(28)11-15)31-9-8-14-4-2-1-3-5-14/h1-7,10-13H,8-9H2/b21-12-. The second-order valence-electron chi connectivity index (χ2n) is 6.86. The Labute approximate surface area is 222 Å². The lowest BCUT2D eigenvalue weighted by Gasteiger charge is -2.11. The molecule has 0 bridgehead atoms. The van der Waals surface area contributed by atoms with E-state index in [2.05, 4.69) is 62.3 Å².